The molecule has 0 radical (unpaired) electrons. The van der Waals surface area contributed by atoms with Crippen molar-refractivity contribution in [2.75, 3.05) is 26.7 Å². The lowest BCUT2D eigenvalue weighted by molar-refractivity contribution is -0.140. The van der Waals surface area contributed by atoms with E-state index in [1.165, 1.54) is 5.56 Å². The number of thiazole rings is 1. The summed E-state index contributed by atoms with van der Waals surface area (Å²) in [5.74, 6) is 1.49. The highest BCUT2D eigenvalue weighted by Crippen LogP contribution is 2.29. The molecule has 162 valence electrons. The minimum atomic E-state index is -4.39. The summed E-state index contributed by atoms with van der Waals surface area (Å²) in [6.45, 7) is 3.79. The molecule has 0 atom stereocenters. The fourth-order valence-electron chi connectivity index (χ4n) is 2.45. The van der Waals surface area contributed by atoms with Gasteiger partial charge in [-0.25, -0.2) is 4.98 Å². The lowest BCUT2D eigenvalue weighted by atomic mass is 10.1. The molecule has 0 amide bonds. The molecule has 29 heavy (non-hydrogen) atoms. The Labute approximate surface area is 190 Å². The molecule has 1 aromatic carbocycles. The molecule has 0 saturated carbocycles. The monoisotopic (exact) mass is 542 g/mol. The van der Waals surface area contributed by atoms with E-state index in [4.69, 9.17) is 4.74 Å². The third-order valence-electron chi connectivity index (χ3n) is 3.87. The van der Waals surface area contributed by atoms with E-state index in [0.717, 1.165) is 35.3 Å². The number of nitrogens with one attached hydrogen (secondary N) is 2. The summed E-state index contributed by atoms with van der Waals surface area (Å²) in [6, 6.07) is 7.95. The quantitative estimate of drug-likeness (QED) is 0.212. The van der Waals surface area contributed by atoms with Gasteiger partial charge in [-0.1, -0.05) is 12.1 Å². The lowest BCUT2D eigenvalue weighted by Gasteiger charge is -2.10. The highest BCUT2D eigenvalue weighted by atomic mass is 127. The maximum absolute atomic E-state index is 12.6. The van der Waals surface area contributed by atoms with Crippen LogP contribution in [0.25, 0.3) is 0 Å². The average molecular weight is 542 g/mol. The molecule has 0 unspecified atom stereocenters. The molecule has 0 bridgehead atoms. The van der Waals surface area contributed by atoms with Crippen LogP contribution in [-0.4, -0.2) is 37.7 Å². The van der Waals surface area contributed by atoms with E-state index in [1.807, 2.05) is 31.2 Å². The Bertz CT molecular complexity index is 751. The van der Waals surface area contributed by atoms with Gasteiger partial charge in [0.25, 0.3) is 0 Å². The molecular weight excluding hydrogens is 516 g/mol. The van der Waals surface area contributed by atoms with E-state index in [9.17, 15) is 13.2 Å². The van der Waals surface area contributed by atoms with Gasteiger partial charge >= 0.3 is 6.18 Å². The molecular formula is C19H26F3IN4OS. The van der Waals surface area contributed by atoms with Crippen LogP contribution >= 0.6 is 35.3 Å². The van der Waals surface area contributed by atoms with Crippen LogP contribution in [0.3, 0.4) is 0 Å². The molecule has 0 aliphatic rings. The van der Waals surface area contributed by atoms with Gasteiger partial charge in [0.05, 0.1) is 12.1 Å². The van der Waals surface area contributed by atoms with Gasteiger partial charge in [0.1, 0.15) is 5.75 Å². The van der Waals surface area contributed by atoms with E-state index in [-0.39, 0.29) is 24.0 Å². The maximum Gasteiger partial charge on any atom is 0.434 e. The third kappa shape index (κ3) is 9.20. The first-order valence-electron chi connectivity index (χ1n) is 9.09. The largest absolute Gasteiger partial charge is 0.497 e. The second kappa shape index (κ2) is 12.9. The molecule has 1 heterocycles. The lowest BCUT2D eigenvalue weighted by Crippen LogP contribution is -2.38. The zero-order chi connectivity index (χ0) is 20.4. The number of guanidine groups is 1. The summed E-state index contributed by atoms with van der Waals surface area (Å²) in [4.78, 5) is 8.14. The number of aliphatic imine (C=N–C) groups is 1. The molecule has 2 N–H and O–H groups in total. The smallest absolute Gasteiger partial charge is 0.434 e. The molecule has 0 aliphatic carbocycles. The molecule has 0 aliphatic heterocycles. The van der Waals surface area contributed by atoms with Gasteiger partial charge in [0.2, 0.25) is 0 Å². The minimum absolute atomic E-state index is 0. The van der Waals surface area contributed by atoms with Gasteiger partial charge in [-0.05, 0) is 37.5 Å². The van der Waals surface area contributed by atoms with Crippen molar-refractivity contribution in [3.8, 4) is 5.75 Å². The second-order valence-corrected chi connectivity index (χ2v) is 6.96. The van der Waals surface area contributed by atoms with Crippen LogP contribution in [0.5, 0.6) is 5.75 Å². The second-order valence-electron chi connectivity index (χ2n) is 6.01. The number of aryl methyl sites for hydroxylation is 1. The van der Waals surface area contributed by atoms with Gasteiger partial charge < -0.3 is 15.4 Å². The van der Waals surface area contributed by atoms with Crippen molar-refractivity contribution in [2.24, 2.45) is 4.99 Å². The van der Waals surface area contributed by atoms with Crippen LogP contribution < -0.4 is 15.4 Å². The van der Waals surface area contributed by atoms with Crippen molar-refractivity contribution < 1.29 is 17.9 Å². The predicted octanol–water partition coefficient (Wildman–Crippen LogP) is 4.52. The fourth-order valence-corrected chi connectivity index (χ4v) is 3.26. The minimum Gasteiger partial charge on any atom is -0.497 e. The summed E-state index contributed by atoms with van der Waals surface area (Å²) in [5.41, 5.74) is 0.393. The van der Waals surface area contributed by atoms with Crippen molar-refractivity contribution in [3.05, 3.63) is 45.9 Å². The molecule has 0 spiro atoms. The standard InChI is InChI=1S/C19H25F3N4OS.HI/c1-3-23-18(24-11-4-5-14-6-8-15(27-2)9-7-14)25-12-10-17-26-16(13-28-17)19(20,21)22;/h6-9,13H,3-5,10-12H2,1-2H3,(H2,23,24,25);1H. The van der Waals surface area contributed by atoms with Gasteiger partial charge in [-0.2, -0.15) is 13.2 Å². The van der Waals surface area contributed by atoms with E-state index in [1.54, 1.807) is 7.11 Å². The van der Waals surface area contributed by atoms with Crippen LogP contribution in [0, 0.1) is 0 Å². The summed E-state index contributed by atoms with van der Waals surface area (Å²) in [6.07, 6.45) is -2.17. The predicted molar refractivity (Wildman–Crippen MR) is 122 cm³/mol. The van der Waals surface area contributed by atoms with Gasteiger partial charge in [0.15, 0.2) is 11.7 Å². The number of methoxy groups -OCH3 is 1. The zero-order valence-corrected chi connectivity index (χ0v) is 19.5. The Morgan fingerprint density at radius 2 is 1.90 bits per heavy atom. The average Bonchev–Trinajstić information content (AvgIpc) is 3.15. The Morgan fingerprint density at radius 3 is 2.48 bits per heavy atom. The van der Waals surface area contributed by atoms with Gasteiger partial charge in [0, 0.05) is 31.4 Å². The van der Waals surface area contributed by atoms with Crippen LogP contribution in [-0.2, 0) is 19.0 Å². The summed E-state index contributed by atoms with van der Waals surface area (Å²) in [5, 5.41) is 7.78. The first-order chi connectivity index (χ1) is 13.4. The van der Waals surface area contributed by atoms with Gasteiger partial charge in [-0.3, -0.25) is 4.99 Å². The topological polar surface area (TPSA) is 58.5 Å². The molecule has 1 aromatic heterocycles. The third-order valence-corrected chi connectivity index (χ3v) is 4.78. The molecule has 2 aromatic rings. The summed E-state index contributed by atoms with van der Waals surface area (Å²) in [7, 11) is 1.64. The van der Waals surface area contributed by atoms with E-state index >= 15 is 0 Å². The number of aromatic nitrogens is 1. The number of hydrogen-bond acceptors (Lipinski definition) is 4. The van der Waals surface area contributed by atoms with Crippen LogP contribution in [0.15, 0.2) is 34.6 Å². The maximum atomic E-state index is 12.6. The molecule has 0 saturated heterocycles. The molecule has 0 fully saturated rings. The molecule has 10 heteroatoms. The number of hydrogen-bond donors (Lipinski definition) is 2. The number of rotatable bonds is 9. The number of alkyl halides is 3. The van der Waals surface area contributed by atoms with Crippen LogP contribution in [0.2, 0.25) is 0 Å². The van der Waals surface area contributed by atoms with Crippen LogP contribution in [0.4, 0.5) is 13.2 Å². The van der Waals surface area contributed by atoms with Crippen molar-refractivity contribution in [1.82, 2.24) is 15.6 Å². The molecule has 2 rings (SSSR count). The SMILES string of the molecule is CCNC(=NCCCc1ccc(OC)cc1)NCCc1nc(C(F)(F)F)cs1.I. The van der Waals surface area contributed by atoms with Crippen LogP contribution in [0.1, 0.15) is 29.6 Å². The Kier molecular flexibility index (Phi) is 11.3. The Balaban J connectivity index is 0.00000420. The molecule has 5 nitrogen and oxygen atoms in total. The first kappa shape index (κ1) is 25.5. The van der Waals surface area contributed by atoms with E-state index in [2.05, 4.69) is 20.6 Å². The summed E-state index contributed by atoms with van der Waals surface area (Å²) < 4.78 is 42.9. The van der Waals surface area contributed by atoms with Gasteiger partial charge in [-0.15, -0.1) is 35.3 Å². The number of nitrogens with zero attached hydrogens (tertiary/aromatic N) is 2. The van der Waals surface area contributed by atoms with E-state index < -0.39 is 11.9 Å². The van der Waals surface area contributed by atoms with E-state index in [0.29, 0.717) is 37.0 Å². The van der Waals surface area contributed by atoms with Crippen molar-refractivity contribution in [2.45, 2.75) is 32.4 Å². The zero-order valence-electron chi connectivity index (χ0n) is 16.4. The Hall–Kier alpha value is -1.56. The highest BCUT2D eigenvalue weighted by Gasteiger charge is 2.33. The highest BCUT2D eigenvalue weighted by molar-refractivity contribution is 14.0. The number of halogens is 4. The van der Waals surface area contributed by atoms with Crippen molar-refractivity contribution in [3.63, 3.8) is 0 Å². The Morgan fingerprint density at radius 1 is 1.17 bits per heavy atom. The summed E-state index contributed by atoms with van der Waals surface area (Å²) >= 11 is 1.02. The van der Waals surface area contributed by atoms with Crippen molar-refractivity contribution in [1.29, 1.82) is 0 Å². The number of benzene rings is 1. The normalized spacial score (nSPS) is 11.7. The first-order valence-corrected chi connectivity index (χ1v) is 9.97. The fraction of sp³-hybridized carbons (Fsp3) is 0.474. The number of ether oxygens (including phenoxy) is 1. The van der Waals surface area contributed by atoms with Crippen molar-refractivity contribution >= 4 is 41.3 Å².